The maximum absolute atomic E-state index is 12.4. The highest BCUT2D eigenvalue weighted by atomic mass is 32.2. The predicted molar refractivity (Wildman–Crippen MR) is 73.6 cm³/mol. The summed E-state index contributed by atoms with van der Waals surface area (Å²) in [6.45, 7) is 2.67. The molecule has 2 rings (SSSR count). The highest BCUT2D eigenvalue weighted by molar-refractivity contribution is 7.89. The fourth-order valence-corrected chi connectivity index (χ4v) is 3.79. The summed E-state index contributed by atoms with van der Waals surface area (Å²) in [7, 11) is -3.61. The highest BCUT2D eigenvalue weighted by Crippen LogP contribution is 2.24. The van der Waals surface area contributed by atoms with Crippen molar-refractivity contribution in [2.24, 2.45) is 11.7 Å². The Hall–Kier alpha value is -1.51. The smallest absolute Gasteiger partial charge is 0.269 e. The fraction of sp³-hybridized carbons (Fsp3) is 0.500. The molecule has 1 aromatic rings. The van der Waals surface area contributed by atoms with Gasteiger partial charge in [-0.3, -0.25) is 10.1 Å². The van der Waals surface area contributed by atoms with E-state index < -0.39 is 14.9 Å². The van der Waals surface area contributed by atoms with Gasteiger partial charge >= 0.3 is 0 Å². The average molecular weight is 299 g/mol. The number of hydrogen-bond donors (Lipinski definition) is 1. The van der Waals surface area contributed by atoms with Crippen LogP contribution in [0.25, 0.3) is 0 Å². The second-order valence-corrected chi connectivity index (χ2v) is 6.98. The van der Waals surface area contributed by atoms with Gasteiger partial charge in [0.15, 0.2) is 0 Å². The summed E-state index contributed by atoms with van der Waals surface area (Å²) < 4.78 is 26.3. The number of nitrogens with zero attached hydrogens (tertiary/aromatic N) is 2. The first-order valence-corrected chi connectivity index (χ1v) is 7.76. The molecule has 2 N–H and O–H groups in total. The van der Waals surface area contributed by atoms with E-state index >= 15 is 0 Å². The van der Waals surface area contributed by atoms with Crippen molar-refractivity contribution in [1.82, 2.24) is 4.31 Å². The summed E-state index contributed by atoms with van der Waals surface area (Å²) in [6, 6.07) is 4.95. The van der Waals surface area contributed by atoms with Crippen LogP contribution in [0.15, 0.2) is 29.2 Å². The van der Waals surface area contributed by atoms with Crippen molar-refractivity contribution in [2.45, 2.75) is 24.3 Å². The number of rotatable bonds is 3. The molecule has 2 atom stereocenters. The van der Waals surface area contributed by atoms with E-state index in [1.54, 1.807) is 0 Å². The quantitative estimate of drug-likeness (QED) is 0.660. The second-order valence-electron chi connectivity index (χ2n) is 5.04. The standard InChI is InChI=1S/C12H17N3O4S/c1-9-8-14(7-6-12(9)13)20(18,19)11-4-2-10(3-5-11)15(16)17/h2-5,9,12H,6-8,13H2,1H3/t9-,12+/m0/s1. The first kappa shape index (κ1) is 14.9. The molecule has 1 aliphatic rings. The number of nitro benzene ring substituents is 1. The first-order valence-electron chi connectivity index (χ1n) is 6.32. The molecule has 1 aromatic carbocycles. The van der Waals surface area contributed by atoms with E-state index in [1.807, 2.05) is 6.92 Å². The maximum Gasteiger partial charge on any atom is 0.269 e. The maximum atomic E-state index is 12.4. The average Bonchev–Trinajstić information content (AvgIpc) is 2.41. The lowest BCUT2D eigenvalue weighted by Crippen LogP contribution is -2.48. The van der Waals surface area contributed by atoms with Crippen LogP contribution in [0.1, 0.15) is 13.3 Å². The second kappa shape index (κ2) is 5.47. The Labute approximate surface area is 117 Å². The van der Waals surface area contributed by atoms with Gasteiger partial charge in [-0.1, -0.05) is 6.92 Å². The molecule has 0 spiro atoms. The number of sulfonamides is 1. The molecule has 1 saturated heterocycles. The topological polar surface area (TPSA) is 107 Å². The molecule has 110 valence electrons. The Balaban J connectivity index is 2.24. The van der Waals surface area contributed by atoms with Gasteiger partial charge < -0.3 is 5.73 Å². The number of benzene rings is 1. The Morgan fingerprint density at radius 2 is 1.95 bits per heavy atom. The summed E-state index contributed by atoms with van der Waals surface area (Å²) in [5.74, 6) is 0.0940. The number of hydrogen-bond acceptors (Lipinski definition) is 5. The Kier molecular flexibility index (Phi) is 4.07. The molecule has 7 nitrogen and oxygen atoms in total. The normalized spacial score (nSPS) is 24.5. The molecule has 8 heteroatoms. The van der Waals surface area contributed by atoms with Crippen LogP contribution < -0.4 is 5.73 Å². The van der Waals surface area contributed by atoms with Gasteiger partial charge in [0.2, 0.25) is 10.0 Å². The lowest BCUT2D eigenvalue weighted by molar-refractivity contribution is -0.384. The molecule has 0 saturated carbocycles. The van der Waals surface area contributed by atoms with Crippen molar-refractivity contribution in [1.29, 1.82) is 0 Å². The van der Waals surface area contributed by atoms with Crippen molar-refractivity contribution >= 4 is 15.7 Å². The summed E-state index contributed by atoms with van der Waals surface area (Å²) in [5, 5.41) is 10.6. The SMILES string of the molecule is C[C@H]1CN(S(=O)(=O)c2ccc([N+](=O)[O-])cc2)CC[C@H]1N. The van der Waals surface area contributed by atoms with Crippen molar-refractivity contribution in [3.8, 4) is 0 Å². The molecule has 0 radical (unpaired) electrons. The lowest BCUT2D eigenvalue weighted by atomic mass is 9.96. The third kappa shape index (κ3) is 2.82. The molecule has 1 aliphatic heterocycles. The van der Waals surface area contributed by atoms with Crippen LogP contribution in [0.3, 0.4) is 0 Å². The predicted octanol–water partition coefficient (Wildman–Crippen LogP) is 0.953. The zero-order chi connectivity index (χ0) is 14.9. The molecular formula is C12H17N3O4S. The minimum Gasteiger partial charge on any atom is -0.327 e. The van der Waals surface area contributed by atoms with Crippen molar-refractivity contribution in [3.63, 3.8) is 0 Å². The molecule has 20 heavy (non-hydrogen) atoms. The van der Waals surface area contributed by atoms with E-state index in [0.717, 1.165) is 0 Å². The van der Waals surface area contributed by atoms with E-state index in [4.69, 9.17) is 5.73 Å². The molecule has 0 aliphatic carbocycles. The minimum absolute atomic E-state index is 0.0123. The summed E-state index contributed by atoms with van der Waals surface area (Å²) >= 11 is 0. The largest absolute Gasteiger partial charge is 0.327 e. The third-order valence-electron chi connectivity index (χ3n) is 3.62. The summed E-state index contributed by atoms with van der Waals surface area (Å²) in [6.07, 6.45) is 0.618. The van der Waals surface area contributed by atoms with Gasteiger partial charge in [0.1, 0.15) is 0 Å². The summed E-state index contributed by atoms with van der Waals surface area (Å²) in [5.41, 5.74) is 5.75. The van der Waals surface area contributed by atoms with Crippen molar-refractivity contribution in [3.05, 3.63) is 34.4 Å². The van der Waals surface area contributed by atoms with E-state index in [-0.39, 0.29) is 22.5 Å². The van der Waals surface area contributed by atoms with Crippen LogP contribution in [0.5, 0.6) is 0 Å². The monoisotopic (exact) mass is 299 g/mol. The van der Waals surface area contributed by atoms with Gasteiger partial charge in [-0.05, 0) is 24.5 Å². The van der Waals surface area contributed by atoms with E-state index in [2.05, 4.69) is 0 Å². The summed E-state index contributed by atoms with van der Waals surface area (Å²) in [4.78, 5) is 10.1. The Morgan fingerprint density at radius 1 is 1.35 bits per heavy atom. The fourth-order valence-electron chi connectivity index (χ4n) is 2.23. The van der Waals surface area contributed by atoms with Crippen LogP contribution >= 0.6 is 0 Å². The van der Waals surface area contributed by atoms with E-state index in [0.29, 0.717) is 19.5 Å². The number of nitro groups is 1. The first-order chi connectivity index (χ1) is 9.32. The highest BCUT2D eigenvalue weighted by Gasteiger charge is 2.32. The van der Waals surface area contributed by atoms with Crippen LogP contribution in [-0.2, 0) is 10.0 Å². The van der Waals surface area contributed by atoms with Crippen molar-refractivity contribution in [2.75, 3.05) is 13.1 Å². The molecule has 1 heterocycles. The molecule has 0 aromatic heterocycles. The third-order valence-corrected chi connectivity index (χ3v) is 5.50. The molecule has 1 fully saturated rings. The van der Waals surface area contributed by atoms with Gasteiger partial charge in [0, 0.05) is 31.3 Å². The number of non-ortho nitro benzene ring substituents is 1. The van der Waals surface area contributed by atoms with E-state index in [9.17, 15) is 18.5 Å². The zero-order valence-electron chi connectivity index (χ0n) is 11.1. The van der Waals surface area contributed by atoms with Crippen molar-refractivity contribution < 1.29 is 13.3 Å². The van der Waals surface area contributed by atoms with Gasteiger partial charge in [-0.25, -0.2) is 8.42 Å². The van der Waals surface area contributed by atoms with Gasteiger partial charge in [0.25, 0.3) is 5.69 Å². The Bertz CT molecular complexity index is 600. The van der Waals surface area contributed by atoms with Crippen LogP contribution in [-0.4, -0.2) is 36.8 Å². The number of nitrogens with two attached hydrogens (primary N) is 1. The number of piperidine rings is 1. The minimum atomic E-state index is -3.61. The van der Waals surface area contributed by atoms with E-state index in [1.165, 1.54) is 28.6 Å². The zero-order valence-corrected chi connectivity index (χ0v) is 11.9. The van der Waals surface area contributed by atoms with Crippen LogP contribution in [0.4, 0.5) is 5.69 Å². The molecular weight excluding hydrogens is 282 g/mol. The van der Waals surface area contributed by atoms with Gasteiger partial charge in [-0.15, -0.1) is 0 Å². The Morgan fingerprint density at radius 3 is 2.45 bits per heavy atom. The van der Waals surface area contributed by atoms with Crippen LogP contribution in [0.2, 0.25) is 0 Å². The molecule has 0 bridgehead atoms. The van der Waals surface area contributed by atoms with Gasteiger partial charge in [-0.2, -0.15) is 4.31 Å². The lowest BCUT2D eigenvalue weighted by Gasteiger charge is -2.34. The van der Waals surface area contributed by atoms with Crippen LogP contribution in [0, 0.1) is 16.0 Å². The molecule has 0 unspecified atom stereocenters. The molecule has 0 amide bonds. The van der Waals surface area contributed by atoms with Gasteiger partial charge in [0.05, 0.1) is 9.82 Å².